The Morgan fingerprint density at radius 3 is 2.54 bits per heavy atom. The highest BCUT2D eigenvalue weighted by Crippen LogP contribution is 2.24. The fraction of sp³-hybridized carbons (Fsp3) is 0.905. The van der Waals surface area contributed by atoms with E-state index in [4.69, 9.17) is 29.4 Å². The minimum Gasteiger partial charge on any atom is -0.471 e. The second-order valence-electron chi connectivity index (χ2n) is 7.36. The summed E-state index contributed by atoms with van der Waals surface area (Å²) in [6.45, 7) is 4.76. The Morgan fingerprint density at radius 1 is 1.14 bits per heavy atom. The first-order chi connectivity index (χ1) is 13.6. The van der Waals surface area contributed by atoms with Crippen LogP contribution in [0.25, 0.3) is 0 Å². The lowest BCUT2D eigenvalue weighted by Crippen LogP contribution is -2.63. The predicted molar refractivity (Wildman–Crippen MR) is 109 cm³/mol. The van der Waals surface area contributed by atoms with Crippen LogP contribution in [0.5, 0.6) is 0 Å². The van der Waals surface area contributed by atoms with Crippen LogP contribution in [-0.4, -0.2) is 69.3 Å². The lowest BCUT2D eigenvalue weighted by molar-refractivity contribution is -0.260. The zero-order valence-electron chi connectivity index (χ0n) is 18.0. The molecule has 1 saturated heterocycles. The first kappa shape index (κ1) is 25.3. The van der Waals surface area contributed by atoms with Gasteiger partial charge in [-0.05, 0) is 19.8 Å². The molecule has 7 nitrogen and oxygen atoms in total. The summed E-state index contributed by atoms with van der Waals surface area (Å²) in [5.74, 6) is 0. The molecule has 28 heavy (non-hydrogen) atoms. The first-order valence-electron chi connectivity index (χ1n) is 10.6. The van der Waals surface area contributed by atoms with Crippen LogP contribution in [0.3, 0.4) is 0 Å². The molecule has 0 aromatic carbocycles. The molecule has 0 aromatic rings. The van der Waals surface area contributed by atoms with E-state index >= 15 is 0 Å². The number of rotatable bonds is 15. The monoisotopic (exact) mass is 403 g/mol. The summed E-state index contributed by atoms with van der Waals surface area (Å²) in [6, 6.07) is -0.602. The van der Waals surface area contributed by atoms with E-state index in [1.807, 2.05) is 6.92 Å². The van der Waals surface area contributed by atoms with Gasteiger partial charge in [0.1, 0.15) is 18.3 Å². The van der Waals surface area contributed by atoms with Gasteiger partial charge in [0.2, 0.25) is 6.29 Å². The Kier molecular flexibility index (Phi) is 13.7. The third-order valence-corrected chi connectivity index (χ3v) is 5.11. The second-order valence-corrected chi connectivity index (χ2v) is 7.36. The Labute approximate surface area is 170 Å². The zero-order chi connectivity index (χ0) is 20.8. The van der Waals surface area contributed by atoms with Crippen LogP contribution in [-0.2, 0) is 23.7 Å². The van der Waals surface area contributed by atoms with Crippen molar-refractivity contribution in [3.8, 4) is 0 Å². The minimum absolute atomic E-state index is 0.152. The van der Waals surface area contributed by atoms with Gasteiger partial charge in [0.25, 0.3) is 0 Å². The third kappa shape index (κ3) is 8.76. The van der Waals surface area contributed by atoms with Gasteiger partial charge in [-0.3, -0.25) is 0 Å². The first-order valence-corrected chi connectivity index (χ1v) is 10.6. The van der Waals surface area contributed by atoms with Gasteiger partial charge in [-0.15, -0.1) is 0 Å². The van der Waals surface area contributed by atoms with Crippen LogP contribution in [0.2, 0.25) is 0 Å². The lowest BCUT2D eigenvalue weighted by Gasteiger charge is -2.42. The Hall–Kier alpha value is -0.700. The van der Waals surface area contributed by atoms with Crippen molar-refractivity contribution in [2.75, 3.05) is 27.4 Å². The summed E-state index contributed by atoms with van der Waals surface area (Å²) < 4.78 is 28.0. The fourth-order valence-electron chi connectivity index (χ4n) is 3.42. The van der Waals surface area contributed by atoms with Gasteiger partial charge in [0.05, 0.1) is 25.0 Å². The van der Waals surface area contributed by atoms with Crippen molar-refractivity contribution in [3.63, 3.8) is 0 Å². The lowest BCUT2D eigenvalue weighted by atomic mass is 9.97. The highest BCUT2D eigenvalue weighted by atomic mass is 16.7. The van der Waals surface area contributed by atoms with Crippen molar-refractivity contribution < 1.29 is 28.8 Å². The maximum absolute atomic E-state index is 10.6. The van der Waals surface area contributed by atoms with E-state index in [1.54, 1.807) is 20.3 Å². The summed E-state index contributed by atoms with van der Waals surface area (Å²) in [7, 11) is 3.30. The van der Waals surface area contributed by atoms with E-state index in [9.17, 15) is 5.11 Å². The molecule has 6 atom stereocenters. The maximum atomic E-state index is 10.6. The Morgan fingerprint density at radius 2 is 1.89 bits per heavy atom. The molecule has 0 amide bonds. The number of aliphatic hydroxyl groups is 1. The molecule has 0 spiro atoms. The van der Waals surface area contributed by atoms with Crippen LogP contribution in [0, 0.1) is 0 Å². The van der Waals surface area contributed by atoms with Gasteiger partial charge in [-0.1, -0.05) is 45.1 Å². The molecule has 3 unspecified atom stereocenters. The van der Waals surface area contributed by atoms with E-state index < -0.39 is 30.6 Å². The SMILES string of the molecule is C/C=C\O[C@H]1OC(COC)[C@@H](O)C(OCCC(CCCCCCC)OC)[C@H]1N. The number of ether oxygens (including phenoxy) is 5. The summed E-state index contributed by atoms with van der Waals surface area (Å²) in [4.78, 5) is 0. The van der Waals surface area contributed by atoms with E-state index in [-0.39, 0.29) is 12.7 Å². The normalized spacial score (nSPS) is 29.3. The molecule has 1 rings (SSSR count). The molecule has 1 heterocycles. The number of aliphatic hydroxyl groups excluding tert-OH is 1. The smallest absolute Gasteiger partial charge is 0.217 e. The molecule has 1 aliphatic rings. The van der Waals surface area contributed by atoms with Crippen LogP contribution in [0.1, 0.15) is 58.8 Å². The topological polar surface area (TPSA) is 92.4 Å². The largest absolute Gasteiger partial charge is 0.471 e. The van der Waals surface area contributed by atoms with Crippen molar-refractivity contribution in [2.45, 2.75) is 95.5 Å². The number of allylic oxidation sites excluding steroid dienone is 1. The molecule has 0 radical (unpaired) electrons. The summed E-state index contributed by atoms with van der Waals surface area (Å²) >= 11 is 0. The van der Waals surface area contributed by atoms with Crippen molar-refractivity contribution in [1.29, 1.82) is 0 Å². The van der Waals surface area contributed by atoms with E-state index in [2.05, 4.69) is 6.92 Å². The van der Waals surface area contributed by atoms with Crippen molar-refractivity contribution >= 4 is 0 Å². The van der Waals surface area contributed by atoms with E-state index in [1.165, 1.54) is 31.9 Å². The second kappa shape index (κ2) is 15.2. The molecule has 7 heteroatoms. The van der Waals surface area contributed by atoms with Gasteiger partial charge in [0, 0.05) is 20.8 Å². The zero-order valence-corrected chi connectivity index (χ0v) is 18.0. The van der Waals surface area contributed by atoms with Crippen molar-refractivity contribution in [3.05, 3.63) is 12.3 Å². The predicted octanol–water partition coefficient (Wildman–Crippen LogP) is 2.75. The Bertz CT molecular complexity index is 408. The van der Waals surface area contributed by atoms with Crippen molar-refractivity contribution in [2.24, 2.45) is 5.73 Å². The summed E-state index contributed by atoms with van der Waals surface area (Å²) in [6.07, 6.45) is 8.72. The molecule has 0 aliphatic carbocycles. The number of nitrogens with two attached hydrogens (primary N) is 1. The molecule has 3 N–H and O–H groups in total. The fourth-order valence-corrected chi connectivity index (χ4v) is 3.42. The number of hydrogen-bond donors (Lipinski definition) is 2. The molecule has 0 bridgehead atoms. The van der Waals surface area contributed by atoms with E-state index in [0.29, 0.717) is 6.61 Å². The molecular weight excluding hydrogens is 362 g/mol. The van der Waals surface area contributed by atoms with Gasteiger partial charge in [-0.2, -0.15) is 0 Å². The standard InChI is InChI=1S/C21H41NO6/c1-5-7-8-9-10-11-16(25-4)12-14-26-20-18(22)21(27-13-6-2)28-17(15-24-3)19(20)23/h6,13,16-21,23H,5,7-12,14-15,22H2,1-4H3/b13-6-/t16?,17?,18-,19-,20?,21+/m1/s1. The average molecular weight is 404 g/mol. The van der Waals surface area contributed by atoms with Crippen LogP contribution in [0.15, 0.2) is 12.3 Å². The van der Waals surface area contributed by atoms with Gasteiger partial charge in [0.15, 0.2) is 0 Å². The van der Waals surface area contributed by atoms with Crippen LogP contribution < -0.4 is 5.73 Å². The summed E-state index contributed by atoms with van der Waals surface area (Å²) in [5, 5.41) is 10.6. The Balaban J connectivity index is 2.50. The molecule has 1 fully saturated rings. The van der Waals surface area contributed by atoms with Gasteiger partial charge in [-0.25, -0.2) is 0 Å². The molecular formula is C21H41NO6. The van der Waals surface area contributed by atoms with Crippen LogP contribution in [0.4, 0.5) is 0 Å². The van der Waals surface area contributed by atoms with Crippen molar-refractivity contribution in [1.82, 2.24) is 0 Å². The third-order valence-electron chi connectivity index (χ3n) is 5.11. The highest BCUT2D eigenvalue weighted by Gasteiger charge is 2.45. The summed E-state index contributed by atoms with van der Waals surface area (Å²) in [5.41, 5.74) is 6.25. The average Bonchev–Trinajstić information content (AvgIpc) is 2.70. The van der Waals surface area contributed by atoms with Crippen LogP contribution >= 0.6 is 0 Å². The number of hydrogen-bond acceptors (Lipinski definition) is 7. The molecule has 166 valence electrons. The maximum Gasteiger partial charge on any atom is 0.217 e. The quantitative estimate of drug-likeness (QED) is 0.321. The van der Waals surface area contributed by atoms with E-state index in [0.717, 1.165) is 19.3 Å². The number of methoxy groups -OCH3 is 2. The van der Waals surface area contributed by atoms with Gasteiger partial charge < -0.3 is 34.5 Å². The van der Waals surface area contributed by atoms with Gasteiger partial charge >= 0.3 is 0 Å². The molecule has 0 aromatic heterocycles. The minimum atomic E-state index is -0.879. The molecule has 0 saturated carbocycles. The highest BCUT2D eigenvalue weighted by molar-refractivity contribution is 4.93. The number of unbranched alkanes of at least 4 members (excludes halogenated alkanes) is 4. The molecule has 1 aliphatic heterocycles.